The lowest BCUT2D eigenvalue weighted by Gasteiger charge is -2.12. The number of carboxylic acids is 1. The van der Waals surface area contributed by atoms with Crippen LogP contribution in [0.5, 0.6) is 11.6 Å². The van der Waals surface area contributed by atoms with E-state index < -0.39 is 5.97 Å². The lowest BCUT2D eigenvalue weighted by Crippen LogP contribution is -2.06. The van der Waals surface area contributed by atoms with E-state index in [0.717, 1.165) is 12.2 Å². The fraction of sp³-hybridized carbons (Fsp3) is 0.412. The summed E-state index contributed by atoms with van der Waals surface area (Å²) in [4.78, 5) is 17.8. The molecule has 0 bridgehead atoms. The molecule has 2 aliphatic rings. The topological polar surface area (TPSA) is 80.9 Å². The number of benzene rings is 1. The van der Waals surface area contributed by atoms with Crippen LogP contribution in [0.2, 0.25) is 0 Å². The Hall–Kier alpha value is -2.38. The number of carboxylic acid groups (broad SMARTS) is 1. The van der Waals surface area contributed by atoms with Crippen LogP contribution < -0.4 is 9.47 Å². The van der Waals surface area contributed by atoms with Gasteiger partial charge in [0.05, 0.1) is 26.3 Å². The van der Waals surface area contributed by atoms with Crippen LogP contribution in [0.25, 0.3) is 10.9 Å². The first-order valence-corrected chi connectivity index (χ1v) is 7.66. The lowest BCUT2D eigenvalue weighted by molar-refractivity contribution is 0.0689. The predicted octanol–water partition coefficient (Wildman–Crippen LogP) is 1.92. The molecule has 1 N–H and O–H groups in total. The van der Waals surface area contributed by atoms with Crippen molar-refractivity contribution in [2.24, 2.45) is 0 Å². The molecule has 0 aliphatic carbocycles. The van der Waals surface area contributed by atoms with E-state index >= 15 is 0 Å². The van der Waals surface area contributed by atoms with Crippen LogP contribution in [0.15, 0.2) is 18.2 Å². The summed E-state index contributed by atoms with van der Waals surface area (Å²) in [6.07, 6.45) is 0.546. The standard InChI is InChI=1S/C13H13NO4.C4H7NO/c1-7-4-5-8-9(6-7)14-12(18-3)10(13(15)16)11(8)17-2;1-2-6-4-3-5(1)4/h4-6H,1-3H3,(H,15,16);4H,1-3H2. The van der Waals surface area contributed by atoms with Gasteiger partial charge in [-0.05, 0) is 24.6 Å². The first-order chi connectivity index (χ1) is 11.5. The Morgan fingerprint density at radius 3 is 2.62 bits per heavy atom. The number of carbonyl (C=O) groups is 1. The molecule has 3 heterocycles. The van der Waals surface area contributed by atoms with E-state index in [1.807, 2.05) is 19.1 Å². The van der Waals surface area contributed by atoms with E-state index in [1.165, 1.54) is 27.3 Å². The molecule has 2 aromatic rings. The zero-order valence-electron chi connectivity index (χ0n) is 13.9. The SMILES string of the molecule is C1CN2CC2O1.COc1nc2cc(C)ccc2c(OC)c1C(=O)O. The van der Waals surface area contributed by atoms with E-state index in [-0.39, 0.29) is 17.2 Å². The van der Waals surface area contributed by atoms with Gasteiger partial charge in [-0.2, -0.15) is 0 Å². The molecular weight excluding hydrogens is 312 g/mol. The third-order valence-electron chi connectivity index (χ3n) is 4.03. The molecule has 0 saturated carbocycles. The van der Waals surface area contributed by atoms with Crippen LogP contribution in [0.4, 0.5) is 0 Å². The number of aromatic nitrogens is 1. The van der Waals surface area contributed by atoms with Gasteiger partial charge in [0.15, 0.2) is 5.56 Å². The second-order valence-corrected chi connectivity index (χ2v) is 5.68. The highest BCUT2D eigenvalue weighted by atomic mass is 16.5. The molecule has 0 spiro atoms. The number of morpholine rings is 1. The summed E-state index contributed by atoms with van der Waals surface area (Å²) in [6.45, 7) is 5.26. The van der Waals surface area contributed by atoms with Gasteiger partial charge in [-0.1, -0.05) is 6.07 Å². The van der Waals surface area contributed by atoms with Gasteiger partial charge >= 0.3 is 5.97 Å². The van der Waals surface area contributed by atoms with Crippen LogP contribution in [-0.4, -0.2) is 61.1 Å². The third-order valence-corrected chi connectivity index (χ3v) is 4.03. The normalized spacial score (nSPS) is 20.8. The number of aromatic carboxylic acids is 1. The maximum atomic E-state index is 11.3. The van der Waals surface area contributed by atoms with Crippen molar-refractivity contribution in [2.75, 3.05) is 33.9 Å². The summed E-state index contributed by atoms with van der Waals surface area (Å²) in [5.74, 6) is -0.805. The number of fused-ring (bicyclic) bond motifs is 2. The smallest absolute Gasteiger partial charge is 0.345 e. The van der Waals surface area contributed by atoms with Crippen LogP contribution in [0.3, 0.4) is 0 Å². The number of aryl methyl sites for hydroxylation is 1. The molecular formula is C17H20N2O5. The first-order valence-electron chi connectivity index (χ1n) is 7.66. The van der Waals surface area contributed by atoms with Crippen LogP contribution in [0, 0.1) is 6.92 Å². The molecule has 0 amide bonds. The molecule has 4 rings (SSSR count). The number of methoxy groups -OCH3 is 2. The minimum atomic E-state index is -1.13. The largest absolute Gasteiger partial charge is 0.495 e. The van der Waals surface area contributed by atoms with E-state index in [1.54, 1.807) is 6.07 Å². The second-order valence-electron chi connectivity index (χ2n) is 5.68. The minimum Gasteiger partial charge on any atom is -0.495 e. The van der Waals surface area contributed by atoms with Crippen molar-refractivity contribution in [1.82, 2.24) is 9.88 Å². The van der Waals surface area contributed by atoms with Crippen molar-refractivity contribution >= 4 is 16.9 Å². The Balaban J connectivity index is 0.000000231. The van der Waals surface area contributed by atoms with Crippen molar-refractivity contribution in [3.8, 4) is 11.6 Å². The number of hydrogen-bond acceptors (Lipinski definition) is 6. The predicted molar refractivity (Wildman–Crippen MR) is 87.9 cm³/mol. The van der Waals surface area contributed by atoms with E-state index in [9.17, 15) is 9.90 Å². The van der Waals surface area contributed by atoms with Gasteiger partial charge in [-0.25, -0.2) is 9.78 Å². The molecule has 2 atom stereocenters. The van der Waals surface area contributed by atoms with Crippen molar-refractivity contribution < 1.29 is 24.1 Å². The van der Waals surface area contributed by atoms with Gasteiger partial charge < -0.3 is 19.3 Å². The zero-order chi connectivity index (χ0) is 17.3. The fourth-order valence-electron chi connectivity index (χ4n) is 2.72. The molecule has 1 aromatic carbocycles. The summed E-state index contributed by atoms with van der Waals surface area (Å²) in [5.41, 5.74) is 1.62. The number of hydrogen-bond donors (Lipinski definition) is 1. The zero-order valence-corrected chi connectivity index (χ0v) is 13.9. The molecule has 1 aromatic heterocycles. The maximum absolute atomic E-state index is 11.3. The van der Waals surface area contributed by atoms with Crippen LogP contribution in [-0.2, 0) is 4.74 Å². The van der Waals surface area contributed by atoms with Crippen molar-refractivity contribution in [1.29, 1.82) is 0 Å². The molecule has 128 valence electrons. The summed E-state index contributed by atoms with van der Waals surface area (Å²) in [7, 11) is 2.82. The van der Waals surface area contributed by atoms with Crippen LogP contribution in [0.1, 0.15) is 15.9 Å². The van der Waals surface area contributed by atoms with Crippen molar-refractivity contribution in [3.05, 3.63) is 29.3 Å². The van der Waals surface area contributed by atoms with Gasteiger partial charge in [-0.15, -0.1) is 0 Å². The monoisotopic (exact) mass is 332 g/mol. The third kappa shape index (κ3) is 3.13. The lowest BCUT2D eigenvalue weighted by atomic mass is 10.1. The van der Waals surface area contributed by atoms with Crippen LogP contribution >= 0.6 is 0 Å². The number of pyridine rings is 1. The summed E-state index contributed by atoms with van der Waals surface area (Å²) in [5, 5.41) is 9.88. The molecule has 2 fully saturated rings. The fourth-order valence-corrected chi connectivity index (χ4v) is 2.72. The van der Waals surface area contributed by atoms with Gasteiger partial charge in [0.2, 0.25) is 5.88 Å². The molecule has 7 nitrogen and oxygen atoms in total. The molecule has 24 heavy (non-hydrogen) atoms. The van der Waals surface area contributed by atoms with E-state index in [2.05, 4.69) is 9.88 Å². The van der Waals surface area contributed by atoms with Gasteiger partial charge in [0.1, 0.15) is 12.0 Å². The highest BCUT2D eigenvalue weighted by Crippen LogP contribution is 2.34. The average Bonchev–Trinajstić information content (AvgIpc) is 3.18. The Morgan fingerprint density at radius 2 is 2.17 bits per heavy atom. The Bertz CT molecular complexity index is 769. The Morgan fingerprint density at radius 1 is 1.38 bits per heavy atom. The molecule has 0 radical (unpaired) electrons. The Labute approximate surface area is 139 Å². The summed E-state index contributed by atoms with van der Waals surface area (Å²) < 4.78 is 15.4. The molecule has 2 unspecified atom stereocenters. The number of ether oxygens (including phenoxy) is 3. The molecule has 2 aliphatic heterocycles. The number of nitrogens with zero attached hydrogens (tertiary/aromatic N) is 2. The van der Waals surface area contributed by atoms with Gasteiger partial charge in [0, 0.05) is 18.5 Å². The molecule has 2 saturated heterocycles. The number of rotatable bonds is 3. The van der Waals surface area contributed by atoms with Gasteiger partial charge in [0.25, 0.3) is 0 Å². The van der Waals surface area contributed by atoms with Gasteiger partial charge in [-0.3, -0.25) is 4.90 Å². The van der Waals surface area contributed by atoms with E-state index in [4.69, 9.17) is 14.2 Å². The average molecular weight is 332 g/mol. The Kier molecular flexibility index (Phi) is 4.55. The highest BCUT2D eigenvalue weighted by Gasteiger charge is 2.39. The maximum Gasteiger partial charge on any atom is 0.345 e. The highest BCUT2D eigenvalue weighted by molar-refractivity contribution is 6.01. The quantitative estimate of drug-likeness (QED) is 0.860. The first kappa shape index (κ1) is 16.5. The van der Waals surface area contributed by atoms with E-state index in [0.29, 0.717) is 17.1 Å². The van der Waals surface area contributed by atoms with Crippen molar-refractivity contribution in [2.45, 2.75) is 13.2 Å². The molecule has 7 heteroatoms. The minimum absolute atomic E-state index is 0.0532. The summed E-state index contributed by atoms with van der Waals surface area (Å²) >= 11 is 0. The summed E-state index contributed by atoms with van der Waals surface area (Å²) in [6, 6.07) is 5.53. The van der Waals surface area contributed by atoms with Crippen molar-refractivity contribution in [3.63, 3.8) is 0 Å². The second kappa shape index (κ2) is 6.62.